The minimum atomic E-state index is -4.32. The number of benzene rings is 1. The molecule has 0 amide bonds. The van der Waals surface area contributed by atoms with Crippen LogP contribution in [0.15, 0.2) is 24.3 Å². The third-order valence-electron chi connectivity index (χ3n) is 3.74. The molecule has 0 radical (unpaired) electrons. The zero-order valence-corrected chi connectivity index (χ0v) is 12.1. The fourth-order valence-corrected chi connectivity index (χ4v) is 2.58. The van der Waals surface area contributed by atoms with Crippen molar-refractivity contribution in [2.24, 2.45) is 5.73 Å². The van der Waals surface area contributed by atoms with E-state index in [1.54, 1.807) is 0 Å². The molecule has 1 aromatic carbocycles. The molecule has 2 rings (SSSR count). The number of rotatable bonds is 4. The van der Waals surface area contributed by atoms with E-state index in [2.05, 4.69) is 11.8 Å². The third-order valence-corrected chi connectivity index (χ3v) is 3.74. The first kappa shape index (κ1) is 16.3. The topological polar surface area (TPSA) is 38.5 Å². The molecular weight excluding hydrogens is 281 g/mol. The van der Waals surface area contributed by atoms with Crippen molar-refractivity contribution in [1.82, 2.24) is 4.90 Å². The van der Waals surface area contributed by atoms with Gasteiger partial charge < -0.3 is 10.5 Å². The standard InChI is InChI=1S/C15H21F3N2O/c1-2-7-20-8-9-21-13(10-20)14(19)11-3-5-12(6-4-11)15(16,17)18/h3-6,13-14H,2,7-10,19H2,1H3. The molecule has 2 atom stereocenters. The number of nitrogens with two attached hydrogens (primary N) is 1. The molecule has 1 aliphatic heterocycles. The predicted molar refractivity (Wildman–Crippen MR) is 74.8 cm³/mol. The van der Waals surface area contributed by atoms with Gasteiger partial charge in [-0.1, -0.05) is 19.1 Å². The Morgan fingerprint density at radius 1 is 1.33 bits per heavy atom. The van der Waals surface area contributed by atoms with E-state index in [1.165, 1.54) is 12.1 Å². The van der Waals surface area contributed by atoms with Gasteiger partial charge in [-0.25, -0.2) is 0 Å². The minimum Gasteiger partial charge on any atom is -0.374 e. The first-order valence-electron chi connectivity index (χ1n) is 7.18. The summed E-state index contributed by atoms with van der Waals surface area (Å²) in [5, 5.41) is 0. The van der Waals surface area contributed by atoms with Crippen LogP contribution in [0.5, 0.6) is 0 Å². The summed E-state index contributed by atoms with van der Waals surface area (Å²) in [5.74, 6) is 0. The quantitative estimate of drug-likeness (QED) is 0.929. The summed E-state index contributed by atoms with van der Waals surface area (Å²) >= 11 is 0. The fraction of sp³-hybridized carbons (Fsp3) is 0.600. The van der Waals surface area contributed by atoms with Crippen LogP contribution >= 0.6 is 0 Å². The Bertz CT molecular complexity index is 445. The van der Waals surface area contributed by atoms with Gasteiger partial charge in [0.05, 0.1) is 24.3 Å². The van der Waals surface area contributed by atoms with Gasteiger partial charge in [-0.15, -0.1) is 0 Å². The normalized spacial score (nSPS) is 22.2. The summed E-state index contributed by atoms with van der Waals surface area (Å²) in [6.45, 7) is 5.30. The van der Waals surface area contributed by atoms with Gasteiger partial charge in [0.15, 0.2) is 0 Å². The Morgan fingerprint density at radius 3 is 2.57 bits per heavy atom. The van der Waals surface area contributed by atoms with E-state index in [1.807, 2.05) is 0 Å². The van der Waals surface area contributed by atoms with Gasteiger partial charge >= 0.3 is 6.18 Å². The van der Waals surface area contributed by atoms with Crippen molar-refractivity contribution in [3.05, 3.63) is 35.4 Å². The first-order chi connectivity index (χ1) is 9.91. The molecule has 0 spiro atoms. The Hall–Kier alpha value is -1.11. The Kier molecular flexibility index (Phi) is 5.24. The lowest BCUT2D eigenvalue weighted by atomic mass is 9.99. The summed E-state index contributed by atoms with van der Waals surface area (Å²) in [7, 11) is 0. The van der Waals surface area contributed by atoms with Crippen LogP contribution in [0, 0.1) is 0 Å². The second-order valence-electron chi connectivity index (χ2n) is 5.36. The van der Waals surface area contributed by atoms with E-state index in [9.17, 15) is 13.2 Å². The molecule has 0 aliphatic carbocycles. The van der Waals surface area contributed by atoms with Gasteiger partial charge in [0.25, 0.3) is 0 Å². The third kappa shape index (κ3) is 4.18. The van der Waals surface area contributed by atoms with Gasteiger partial charge in [-0.05, 0) is 30.7 Å². The van der Waals surface area contributed by atoms with E-state index in [0.717, 1.165) is 38.2 Å². The van der Waals surface area contributed by atoms with E-state index >= 15 is 0 Å². The Balaban J connectivity index is 2.03. The Labute approximate surface area is 122 Å². The van der Waals surface area contributed by atoms with Crippen LogP contribution < -0.4 is 5.73 Å². The second kappa shape index (κ2) is 6.77. The van der Waals surface area contributed by atoms with Crippen molar-refractivity contribution in [3.8, 4) is 0 Å². The van der Waals surface area contributed by atoms with E-state index in [0.29, 0.717) is 12.2 Å². The maximum absolute atomic E-state index is 12.5. The molecule has 2 N–H and O–H groups in total. The van der Waals surface area contributed by atoms with Crippen molar-refractivity contribution in [2.75, 3.05) is 26.2 Å². The van der Waals surface area contributed by atoms with Crippen molar-refractivity contribution in [1.29, 1.82) is 0 Å². The lowest BCUT2D eigenvalue weighted by Crippen LogP contribution is -2.47. The summed E-state index contributed by atoms with van der Waals surface area (Å²) in [6.07, 6.45) is -3.44. The number of alkyl halides is 3. The van der Waals surface area contributed by atoms with Gasteiger partial charge in [0, 0.05) is 13.1 Å². The van der Waals surface area contributed by atoms with Crippen LogP contribution in [0.2, 0.25) is 0 Å². The molecule has 118 valence electrons. The summed E-state index contributed by atoms with van der Waals surface area (Å²) in [6, 6.07) is 4.61. The minimum absolute atomic E-state index is 0.179. The molecule has 1 aliphatic rings. The highest BCUT2D eigenvalue weighted by Crippen LogP contribution is 2.30. The van der Waals surface area contributed by atoms with Crippen LogP contribution in [0.3, 0.4) is 0 Å². The van der Waals surface area contributed by atoms with Crippen LogP contribution in [0.1, 0.15) is 30.5 Å². The molecule has 0 saturated carbocycles. The number of hydrogen-bond donors (Lipinski definition) is 1. The molecule has 0 aromatic heterocycles. The summed E-state index contributed by atoms with van der Waals surface area (Å²) in [4.78, 5) is 2.28. The molecule has 2 unspecified atom stereocenters. The monoisotopic (exact) mass is 302 g/mol. The van der Waals surface area contributed by atoms with Gasteiger partial charge in [-0.2, -0.15) is 13.2 Å². The molecule has 1 aromatic rings. The average molecular weight is 302 g/mol. The SMILES string of the molecule is CCCN1CCOC(C(N)c2ccc(C(F)(F)F)cc2)C1. The lowest BCUT2D eigenvalue weighted by Gasteiger charge is -2.35. The van der Waals surface area contributed by atoms with Crippen LogP contribution in [0.4, 0.5) is 13.2 Å². The maximum atomic E-state index is 12.5. The number of ether oxygens (including phenoxy) is 1. The molecule has 3 nitrogen and oxygen atoms in total. The first-order valence-corrected chi connectivity index (χ1v) is 7.18. The lowest BCUT2D eigenvalue weighted by molar-refractivity contribution is -0.137. The number of nitrogens with zero attached hydrogens (tertiary/aromatic N) is 1. The summed E-state index contributed by atoms with van der Waals surface area (Å²) in [5.41, 5.74) is 6.17. The van der Waals surface area contributed by atoms with Gasteiger partial charge in [0.1, 0.15) is 0 Å². The predicted octanol–water partition coefficient (Wildman–Crippen LogP) is 2.82. The van der Waals surface area contributed by atoms with E-state index in [4.69, 9.17) is 10.5 Å². The van der Waals surface area contributed by atoms with Crippen molar-refractivity contribution >= 4 is 0 Å². The highest BCUT2D eigenvalue weighted by Gasteiger charge is 2.31. The average Bonchev–Trinajstić information content (AvgIpc) is 2.46. The fourth-order valence-electron chi connectivity index (χ4n) is 2.58. The maximum Gasteiger partial charge on any atom is 0.416 e. The van der Waals surface area contributed by atoms with E-state index < -0.39 is 17.8 Å². The highest BCUT2D eigenvalue weighted by atomic mass is 19.4. The van der Waals surface area contributed by atoms with Crippen molar-refractivity contribution in [2.45, 2.75) is 31.7 Å². The molecule has 1 fully saturated rings. The summed E-state index contributed by atoms with van der Waals surface area (Å²) < 4.78 is 43.3. The van der Waals surface area contributed by atoms with Gasteiger partial charge in [-0.3, -0.25) is 4.90 Å². The largest absolute Gasteiger partial charge is 0.416 e. The van der Waals surface area contributed by atoms with Crippen LogP contribution in [-0.2, 0) is 10.9 Å². The zero-order valence-electron chi connectivity index (χ0n) is 12.1. The molecule has 6 heteroatoms. The van der Waals surface area contributed by atoms with Gasteiger partial charge in [0.2, 0.25) is 0 Å². The smallest absolute Gasteiger partial charge is 0.374 e. The molecule has 21 heavy (non-hydrogen) atoms. The van der Waals surface area contributed by atoms with Crippen molar-refractivity contribution < 1.29 is 17.9 Å². The number of morpholine rings is 1. The number of halogens is 3. The molecule has 1 saturated heterocycles. The zero-order chi connectivity index (χ0) is 15.5. The molecule has 1 heterocycles. The Morgan fingerprint density at radius 2 is 2.00 bits per heavy atom. The number of hydrogen-bond acceptors (Lipinski definition) is 3. The van der Waals surface area contributed by atoms with Crippen LogP contribution in [-0.4, -0.2) is 37.2 Å². The van der Waals surface area contributed by atoms with Crippen molar-refractivity contribution in [3.63, 3.8) is 0 Å². The molecular formula is C15H21F3N2O. The highest BCUT2D eigenvalue weighted by molar-refractivity contribution is 5.27. The second-order valence-corrected chi connectivity index (χ2v) is 5.36. The van der Waals surface area contributed by atoms with E-state index in [-0.39, 0.29) is 6.10 Å². The van der Waals surface area contributed by atoms with Crippen LogP contribution in [0.25, 0.3) is 0 Å². The molecule has 0 bridgehead atoms.